The maximum Gasteiger partial charge on any atom is 0.124 e. The number of benzene rings is 1. The normalized spacial score (nSPS) is 16.3. The summed E-state index contributed by atoms with van der Waals surface area (Å²) >= 11 is 0. The van der Waals surface area contributed by atoms with Gasteiger partial charge in [-0.3, -0.25) is 0 Å². The van der Waals surface area contributed by atoms with Crippen molar-refractivity contribution in [3.8, 4) is 5.75 Å². The molecule has 1 atom stereocenters. The summed E-state index contributed by atoms with van der Waals surface area (Å²) in [5, 5.41) is 0. The molecule has 1 aromatic rings. The number of nitrogens with two attached hydrogens (primary N) is 1. The Bertz CT molecular complexity index is 416. The van der Waals surface area contributed by atoms with E-state index >= 15 is 0 Å². The highest BCUT2D eigenvalue weighted by atomic mass is 16.5. The maximum absolute atomic E-state index is 10.5. The van der Waals surface area contributed by atoms with E-state index in [2.05, 4.69) is 10.8 Å². The van der Waals surface area contributed by atoms with E-state index in [-0.39, 0.29) is 6.04 Å². The fourth-order valence-corrected chi connectivity index (χ4v) is 2.17. The molecule has 4 heteroatoms. The van der Waals surface area contributed by atoms with Gasteiger partial charge in [0.05, 0.1) is 7.11 Å². The number of rotatable bonds is 4. The summed E-state index contributed by atoms with van der Waals surface area (Å²) in [7, 11) is 3.31. The average Bonchev–Trinajstić information content (AvgIpc) is 2.77. The fraction of sp³-hybridized carbons (Fsp3) is 0.533. The Balaban J connectivity index is 0.000000399. The van der Waals surface area contributed by atoms with Gasteiger partial charge in [0.25, 0.3) is 0 Å². The topological polar surface area (TPSA) is 61.5 Å². The fourth-order valence-electron chi connectivity index (χ4n) is 2.17. The van der Waals surface area contributed by atoms with E-state index in [4.69, 9.17) is 10.5 Å². The van der Waals surface area contributed by atoms with E-state index in [1.165, 1.54) is 11.1 Å². The number of ether oxygens (including phenoxy) is 2. The van der Waals surface area contributed by atoms with Crippen molar-refractivity contribution in [2.75, 3.05) is 20.8 Å². The molecule has 0 radical (unpaired) electrons. The Hall–Kier alpha value is -1.39. The summed E-state index contributed by atoms with van der Waals surface area (Å²) in [6.07, 6.45) is 3.13. The molecule has 2 rings (SSSR count). The van der Waals surface area contributed by atoms with Gasteiger partial charge in [-0.1, -0.05) is 6.07 Å². The van der Waals surface area contributed by atoms with Gasteiger partial charge in [-0.05, 0) is 37.0 Å². The minimum absolute atomic E-state index is 0.219. The van der Waals surface area contributed by atoms with Crippen LogP contribution in [0.5, 0.6) is 5.75 Å². The molecule has 1 unspecified atom stereocenters. The van der Waals surface area contributed by atoms with Gasteiger partial charge in [0, 0.05) is 31.7 Å². The van der Waals surface area contributed by atoms with Gasteiger partial charge in [0.1, 0.15) is 12.0 Å². The molecule has 19 heavy (non-hydrogen) atoms. The van der Waals surface area contributed by atoms with E-state index in [1.807, 2.05) is 13.0 Å². The zero-order chi connectivity index (χ0) is 14.3. The smallest absolute Gasteiger partial charge is 0.124 e. The Morgan fingerprint density at radius 1 is 1.32 bits per heavy atom. The molecule has 0 amide bonds. The highest BCUT2D eigenvalue weighted by Crippen LogP contribution is 2.29. The van der Waals surface area contributed by atoms with Crippen molar-refractivity contribution < 1.29 is 14.3 Å². The lowest BCUT2D eigenvalue weighted by Crippen LogP contribution is -2.18. The predicted molar refractivity (Wildman–Crippen MR) is 75.7 cm³/mol. The third kappa shape index (κ3) is 4.33. The number of carbonyl (C=O) groups excluding carboxylic acids is 1. The van der Waals surface area contributed by atoms with Crippen LogP contribution < -0.4 is 10.5 Å². The molecule has 0 saturated heterocycles. The number of methoxy groups -OCH3 is 2. The molecule has 0 fully saturated rings. The molecule has 0 aliphatic heterocycles. The lowest BCUT2D eigenvalue weighted by Gasteiger charge is -2.09. The van der Waals surface area contributed by atoms with Gasteiger partial charge >= 0.3 is 0 Å². The lowest BCUT2D eigenvalue weighted by atomic mass is 10.0. The van der Waals surface area contributed by atoms with E-state index in [0.717, 1.165) is 37.0 Å². The Morgan fingerprint density at radius 2 is 1.89 bits per heavy atom. The monoisotopic (exact) mass is 265 g/mol. The summed E-state index contributed by atoms with van der Waals surface area (Å²) in [4.78, 5) is 10.5. The summed E-state index contributed by atoms with van der Waals surface area (Å²) < 4.78 is 9.80. The quantitative estimate of drug-likeness (QED) is 0.838. The number of carbonyl (C=O) groups is 1. The number of aldehydes is 1. The van der Waals surface area contributed by atoms with Gasteiger partial charge in [-0.25, -0.2) is 0 Å². The molecule has 0 bridgehead atoms. The van der Waals surface area contributed by atoms with E-state index < -0.39 is 0 Å². The minimum Gasteiger partial charge on any atom is -0.496 e. The van der Waals surface area contributed by atoms with E-state index in [1.54, 1.807) is 14.2 Å². The van der Waals surface area contributed by atoms with Crippen LogP contribution in [0.3, 0.4) is 0 Å². The van der Waals surface area contributed by atoms with Crippen LogP contribution in [0.25, 0.3) is 0 Å². The summed E-state index contributed by atoms with van der Waals surface area (Å²) in [5.41, 5.74) is 9.37. The van der Waals surface area contributed by atoms with Crippen molar-refractivity contribution in [2.24, 2.45) is 5.73 Å². The van der Waals surface area contributed by atoms with Crippen LogP contribution in [0.1, 0.15) is 23.6 Å². The molecule has 106 valence electrons. The summed E-state index contributed by atoms with van der Waals surface area (Å²) in [5.74, 6) is 0.801. The largest absolute Gasteiger partial charge is 0.496 e. The van der Waals surface area contributed by atoms with Crippen LogP contribution in [-0.4, -0.2) is 33.2 Å². The van der Waals surface area contributed by atoms with Crippen molar-refractivity contribution in [3.63, 3.8) is 0 Å². The van der Waals surface area contributed by atoms with Gasteiger partial charge in [-0.2, -0.15) is 0 Å². The standard InChI is InChI=1S/C12H15NO2.C3H8O/c1-15-12-7-10-6-11(13)5-9(10)4-8(12)2-3-14;1-3-4-2/h3-4,7,11H,2,5-6,13H2,1H3;3H2,1-2H3. The zero-order valence-electron chi connectivity index (χ0n) is 11.9. The van der Waals surface area contributed by atoms with Crippen LogP contribution >= 0.6 is 0 Å². The van der Waals surface area contributed by atoms with E-state index in [9.17, 15) is 4.79 Å². The predicted octanol–water partition coefficient (Wildman–Crippen LogP) is 1.52. The van der Waals surface area contributed by atoms with Gasteiger partial charge in [-0.15, -0.1) is 0 Å². The van der Waals surface area contributed by atoms with Gasteiger partial charge in [0.15, 0.2) is 0 Å². The highest BCUT2D eigenvalue weighted by Gasteiger charge is 2.20. The second-order valence-corrected chi connectivity index (χ2v) is 4.55. The highest BCUT2D eigenvalue weighted by molar-refractivity contribution is 5.59. The van der Waals surface area contributed by atoms with Crippen molar-refractivity contribution in [3.05, 3.63) is 28.8 Å². The summed E-state index contributed by atoms with van der Waals surface area (Å²) in [6, 6.07) is 4.28. The molecule has 1 aliphatic carbocycles. The molecular weight excluding hydrogens is 242 g/mol. The second kappa shape index (κ2) is 7.92. The second-order valence-electron chi connectivity index (χ2n) is 4.55. The first-order valence-corrected chi connectivity index (χ1v) is 6.53. The first-order chi connectivity index (χ1) is 9.15. The molecule has 0 heterocycles. The molecule has 2 N–H and O–H groups in total. The van der Waals surface area contributed by atoms with Crippen molar-refractivity contribution in [2.45, 2.75) is 32.2 Å². The average molecular weight is 265 g/mol. The molecule has 0 spiro atoms. The third-order valence-corrected chi connectivity index (χ3v) is 3.16. The van der Waals surface area contributed by atoms with Crippen molar-refractivity contribution in [1.82, 2.24) is 0 Å². The number of fused-ring (bicyclic) bond motifs is 1. The maximum atomic E-state index is 10.5. The summed E-state index contributed by atoms with van der Waals surface area (Å²) in [6.45, 7) is 2.78. The van der Waals surface area contributed by atoms with Crippen molar-refractivity contribution in [1.29, 1.82) is 0 Å². The van der Waals surface area contributed by atoms with E-state index in [0.29, 0.717) is 6.42 Å². The first kappa shape index (κ1) is 15.7. The molecular formula is C15H23NO3. The van der Waals surface area contributed by atoms with Gasteiger partial charge < -0.3 is 20.0 Å². The molecule has 1 aromatic carbocycles. The van der Waals surface area contributed by atoms with Crippen molar-refractivity contribution >= 4 is 6.29 Å². The van der Waals surface area contributed by atoms with Gasteiger partial charge in [0.2, 0.25) is 0 Å². The Labute approximate surface area is 114 Å². The number of hydrogen-bond donors (Lipinski definition) is 1. The van der Waals surface area contributed by atoms with Crippen LogP contribution in [0.15, 0.2) is 12.1 Å². The minimum atomic E-state index is 0.219. The lowest BCUT2D eigenvalue weighted by molar-refractivity contribution is -0.107. The zero-order valence-corrected chi connectivity index (χ0v) is 11.9. The Morgan fingerprint density at radius 3 is 2.37 bits per heavy atom. The van der Waals surface area contributed by atoms with Crippen LogP contribution in [0.2, 0.25) is 0 Å². The van der Waals surface area contributed by atoms with Crippen LogP contribution in [-0.2, 0) is 28.8 Å². The molecule has 0 saturated carbocycles. The van der Waals surface area contributed by atoms with Crippen LogP contribution in [0, 0.1) is 0 Å². The Kier molecular flexibility index (Phi) is 6.53. The molecule has 4 nitrogen and oxygen atoms in total. The first-order valence-electron chi connectivity index (χ1n) is 6.53. The molecule has 1 aliphatic rings. The SMILES string of the molecule is CCOC.COc1cc2c(cc1CC=O)CC(N)C2. The number of hydrogen-bond acceptors (Lipinski definition) is 4. The third-order valence-electron chi connectivity index (χ3n) is 3.16. The van der Waals surface area contributed by atoms with Crippen LogP contribution in [0.4, 0.5) is 0 Å². The molecule has 0 aromatic heterocycles.